The molecule has 3 heterocycles. The summed E-state index contributed by atoms with van der Waals surface area (Å²) in [5, 5.41) is 3.47. The number of aromatic amines is 1. The molecular weight excluding hydrogens is 473 g/mol. The summed E-state index contributed by atoms with van der Waals surface area (Å²) >= 11 is 13.6. The number of nitrogens with zero attached hydrogens (tertiary/aromatic N) is 1. The Balaban J connectivity index is 1.40. The Hall–Kier alpha value is -2.55. The largest absolute Gasteiger partial charge is 0.452 e. The number of carbonyl (C=O) groups is 3. The van der Waals surface area contributed by atoms with Crippen LogP contribution in [-0.4, -0.2) is 46.9 Å². The van der Waals surface area contributed by atoms with E-state index in [1.807, 2.05) is 24.3 Å². The van der Waals surface area contributed by atoms with Crippen LogP contribution in [0.1, 0.15) is 40.5 Å². The minimum atomic E-state index is -0.779. The summed E-state index contributed by atoms with van der Waals surface area (Å²) in [7, 11) is 1.69. The van der Waals surface area contributed by atoms with E-state index in [1.54, 1.807) is 18.0 Å². The van der Waals surface area contributed by atoms with E-state index in [9.17, 15) is 14.4 Å². The fraction of sp³-hybridized carbons (Fsp3) is 0.318. The zero-order valence-electron chi connectivity index (χ0n) is 17.0. The van der Waals surface area contributed by atoms with Crippen LogP contribution < -0.4 is 5.32 Å². The van der Waals surface area contributed by atoms with Gasteiger partial charge in [-0.05, 0) is 23.6 Å². The van der Waals surface area contributed by atoms with Gasteiger partial charge in [-0.1, -0.05) is 47.5 Å². The lowest BCUT2D eigenvalue weighted by Crippen LogP contribution is -2.47. The van der Waals surface area contributed by atoms with Crippen molar-refractivity contribution in [3.05, 3.63) is 56.5 Å². The quantitative estimate of drug-likeness (QED) is 0.537. The number of cyclic esters (lactones) is 1. The number of aromatic nitrogens is 1. The van der Waals surface area contributed by atoms with Gasteiger partial charge in [-0.15, -0.1) is 11.3 Å². The van der Waals surface area contributed by atoms with Crippen molar-refractivity contribution >= 4 is 62.5 Å². The van der Waals surface area contributed by atoms with Gasteiger partial charge in [-0.25, -0.2) is 0 Å². The molecule has 0 radical (unpaired) electrons. The number of esters is 1. The molecule has 2 amide bonds. The number of ether oxygens (including phenoxy) is 1. The molecule has 0 spiro atoms. The average molecular weight is 492 g/mol. The Morgan fingerprint density at radius 1 is 1.28 bits per heavy atom. The standard InChI is InChI=1S/C22H19Cl2N3O4S/c1-27(22(30)14-6-7-16(28)31-14)19-11-5-3-2-4-10(11)8-12(19)26-21(29)13-9-15-18(25-13)17(23)20(24)32-15/h2-5,9,12,14,19,25H,6-8H2,1H3,(H,26,29)/t12-,14+,19+/m1/s1. The number of benzene rings is 1. The van der Waals surface area contributed by atoms with Gasteiger partial charge in [0, 0.05) is 19.9 Å². The van der Waals surface area contributed by atoms with Gasteiger partial charge < -0.3 is 19.9 Å². The monoisotopic (exact) mass is 491 g/mol. The van der Waals surface area contributed by atoms with Gasteiger partial charge in [0.25, 0.3) is 11.8 Å². The number of halogens is 2. The molecule has 3 aromatic rings. The maximum atomic E-state index is 13.1. The lowest BCUT2D eigenvalue weighted by molar-refractivity contribution is -0.153. The number of fused-ring (bicyclic) bond motifs is 2. The average Bonchev–Trinajstić information content (AvgIpc) is 3.52. The number of H-pyrrole nitrogens is 1. The second kappa shape index (κ2) is 8.10. The number of hydrogen-bond donors (Lipinski definition) is 2. The molecule has 3 atom stereocenters. The molecule has 2 N–H and O–H groups in total. The fourth-order valence-electron chi connectivity index (χ4n) is 4.53. The van der Waals surface area contributed by atoms with E-state index < -0.39 is 6.10 Å². The normalized spacial score (nSPS) is 22.1. The molecular formula is C22H19Cl2N3O4S. The van der Waals surface area contributed by atoms with Gasteiger partial charge in [-0.2, -0.15) is 0 Å². The van der Waals surface area contributed by atoms with E-state index >= 15 is 0 Å². The highest BCUT2D eigenvalue weighted by molar-refractivity contribution is 7.23. The molecule has 0 unspecified atom stereocenters. The molecule has 1 aliphatic heterocycles. The lowest BCUT2D eigenvalue weighted by Gasteiger charge is -2.32. The molecule has 7 nitrogen and oxygen atoms in total. The minimum absolute atomic E-state index is 0.238. The molecule has 166 valence electrons. The number of carbonyl (C=O) groups excluding carboxylic acids is 3. The first-order valence-electron chi connectivity index (χ1n) is 10.1. The van der Waals surface area contributed by atoms with Gasteiger partial charge in [0.2, 0.25) is 0 Å². The highest BCUT2D eigenvalue weighted by atomic mass is 35.5. The first kappa shape index (κ1) is 21.3. The van der Waals surface area contributed by atoms with Crippen LogP contribution in [0.2, 0.25) is 9.36 Å². The van der Waals surface area contributed by atoms with Crippen molar-refractivity contribution in [2.45, 2.75) is 37.5 Å². The zero-order chi connectivity index (χ0) is 22.6. The number of rotatable bonds is 4. The molecule has 1 fully saturated rings. The molecule has 1 aromatic carbocycles. The molecule has 0 bridgehead atoms. The van der Waals surface area contributed by atoms with Crippen LogP contribution in [0.15, 0.2) is 30.3 Å². The van der Waals surface area contributed by atoms with Gasteiger partial charge in [0.05, 0.1) is 27.3 Å². The van der Waals surface area contributed by atoms with Crippen molar-refractivity contribution < 1.29 is 19.1 Å². The van der Waals surface area contributed by atoms with E-state index in [0.29, 0.717) is 33.4 Å². The van der Waals surface area contributed by atoms with E-state index in [-0.39, 0.29) is 36.3 Å². The maximum absolute atomic E-state index is 13.1. The van der Waals surface area contributed by atoms with Crippen LogP contribution in [0, 0.1) is 0 Å². The van der Waals surface area contributed by atoms with Crippen LogP contribution in [0.3, 0.4) is 0 Å². The predicted octanol–water partition coefficient (Wildman–Crippen LogP) is 4.10. The molecule has 2 aliphatic rings. The summed E-state index contributed by atoms with van der Waals surface area (Å²) < 4.78 is 6.45. The summed E-state index contributed by atoms with van der Waals surface area (Å²) in [6, 6.07) is 8.80. The third kappa shape index (κ3) is 3.56. The number of hydrogen-bond acceptors (Lipinski definition) is 5. The number of nitrogens with one attached hydrogen (secondary N) is 2. The van der Waals surface area contributed by atoms with Crippen LogP contribution in [0.25, 0.3) is 10.2 Å². The highest BCUT2D eigenvalue weighted by Crippen LogP contribution is 2.39. The van der Waals surface area contributed by atoms with Crippen molar-refractivity contribution in [2.24, 2.45) is 0 Å². The second-order valence-electron chi connectivity index (χ2n) is 8.01. The molecule has 10 heteroatoms. The van der Waals surface area contributed by atoms with E-state index in [0.717, 1.165) is 15.8 Å². The van der Waals surface area contributed by atoms with Crippen molar-refractivity contribution in [1.82, 2.24) is 15.2 Å². The topological polar surface area (TPSA) is 91.5 Å². The van der Waals surface area contributed by atoms with Crippen LogP contribution >= 0.6 is 34.5 Å². The SMILES string of the molecule is CN(C(=O)[C@@H]1CCC(=O)O1)[C@H]1c2ccccc2C[C@H]1NC(=O)c1cc2sc(Cl)c(Cl)c2[nH]1. The van der Waals surface area contributed by atoms with Crippen LogP contribution in [0.5, 0.6) is 0 Å². The summed E-state index contributed by atoms with van der Waals surface area (Å²) in [5.74, 6) is -0.922. The smallest absolute Gasteiger partial charge is 0.306 e. The van der Waals surface area contributed by atoms with Gasteiger partial charge in [0.15, 0.2) is 6.10 Å². The number of likely N-dealkylation sites (N-methyl/N-ethyl adjacent to an activating group) is 1. The predicted molar refractivity (Wildman–Crippen MR) is 122 cm³/mol. The summed E-state index contributed by atoms with van der Waals surface area (Å²) in [6.07, 6.45) is 0.410. The number of amides is 2. The Morgan fingerprint density at radius 3 is 2.78 bits per heavy atom. The third-order valence-corrected chi connectivity index (χ3v) is 7.99. The summed E-state index contributed by atoms with van der Waals surface area (Å²) in [5.41, 5.74) is 3.04. The van der Waals surface area contributed by atoms with E-state index in [2.05, 4.69) is 10.3 Å². The van der Waals surface area contributed by atoms with Crippen molar-refractivity contribution in [3.8, 4) is 0 Å². The maximum Gasteiger partial charge on any atom is 0.306 e. The van der Waals surface area contributed by atoms with Gasteiger partial charge in [-0.3, -0.25) is 14.4 Å². The molecule has 2 aromatic heterocycles. The Morgan fingerprint density at radius 2 is 2.06 bits per heavy atom. The lowest BCUT2D eigenvalue weighted by atomic mass is 10.0. The molecule has 0 saturated carbocycles. The van der Waals surface area contributed by atoms with Gasteiger partial charge in [0.1, 0.15) is 10.0 Å². The van der Waals surface area contributed by atoms with E-state index in [1.165, 1.54) is 11.3 Å². The first-order valence-corrected chi connectivity index (χ1v) is 11.7. The van der Waals surface area contributed by atoms with Crippen molar-refractivity contribution in [2.75, 3.05) is 7.05 Å². The number of thiophene rings is 1. The Kier molecular flexibility index (Phi) is 5.39. The highest BCUT2D eigenvalue weighted by Gasteiger charge is 2.41. The van der Waals surface area contributed by atoms with E-state index in [4.69, 9.17) is 27.9 Å². The first-order chi connectivity index (χ1) is 15.3. The van der Waals surface area contributed by atoms with Crippen LogP contribution in [-0.2, 0) is 20.7 Å². The Bertz CT molecular complexity index is 1250. The summed E-state index contributed by atoms with van der Waals surface area (Å²) in [4.78, 5) is 42.2. The Labute approximate surface area is 197 Å². The third-order valence-electron chi connectivity index (χ3n) is 6.05. The summed E-state index contributed by atoms with van der Waals surface area (Å²) in [6.45, 7) is 0. The van der Waals surface area contributed by atoms with Crippen molar-refractivity contribution in [1.29, 1.82) is 0 Å². The molecule has 1 aliphatic carbocycles. The molecule has 1 saturated heterocycles. The minimum Gasteiger partial charge on any atom is -0.452 e. The van der Waals surface area contributed by atoms with Crippen molar-refractivity contribution in [3.63, 3.8) is 0 Å². The fourth-order valence-corrected chi connectivity index (χ4v) is 6.01. The second-order valence-corrected chi connectivity index (χ2v) is 10.0. The molecule has 5 rings (SSSR count). The van der Waals surface area contributed by atoms with Gasteiger partial charge >= 0.3 is 5.97 Å². The molecule has 32 heavy (non-hydrogen) atoms. The van der Waals surface area contributed by atoms with Crippen LogP contribution in [0.4, 0.5) is 0 Å². The zero-order valence-corrected chi connectivity index (χ0v) is 19.3.